The van der Waals surface area contributed by atoms with Gasteiger partial charge in [-0.1, -0.05) is 52.4 Å². The minimum Gasteiger partial charge on any atom is -0.0864 e. The molecule has 0 saturated carbocycles. The Morgan fingerprint density at radius 3 is 2.36 bits per heavy atom. The van der Waals surface area contributed by atoms with Crippen LogP contribution in [0.5, 0.6) is 0 Å². The summed E-state index contributed by atoms with van der Waals surface area (Å²) in [5.74, 6) is 0. The standard InChI is InChI=1S/C10H13I/c1-9-4-6-10(7-5-9)3-2-8-11/h4-7H,2-3,8H2,1H3. The minimum absolute atomic E-state index is 1.23. The highest BCUT2D eigenvalue weighted by Crippen LogP contribution is 2.06. The van der Waals surface area contributed by atoms with Crippen molar-refractivity contribution in [2.24, 2.45) is 0 Å². The number of rotatable bonds is 3. The molecule has 1 rings (SSSR count). The first-order valence-electron chi connectivity index (χ1n) is 3.94. The molecule has 1 aromatic rings. The third kappa shape index (κ3) is 3.23. The molecular weight excluding hydrogens is 247 g/mol. The Balaban J connectivity index is 2.52. The van der Waals surface area contributed by atoms with Crippen molar-refractivity contribution in [2.45, 2.75) is 19.8 Å². The molecule has 0 spiro atoms. The average molecular weight is 260 g/mol. The van der Waals surface area contributed by atoms with E-state index >= 15 is 0 Å². The van der Waals surface area contributed by atoms with E-state index in [1.165, 1.54) is 28.4 Å². The average Bonchev–Trinajstić information content (AvgIpc) is 2.04. The van der Waals surface area contributed by atoms with E-state index in [1.54, 1.807) is 0 Å². The fraction of sp³-hybridized carbons (Fsp3) is 0.400. The zero-order valence-corrected chi connectivity index (χ0v) is 8.97. The number of benzene rings is 1. The monoisotopic (exact) mass is 260 g/mol. The van der Waals surface area contributed by atoms with Gasteiger partial charge in [0.25, 0.3) is 0 Å². The van der Waals surface area contributed by atoms with Crippen molar-refractivity contribution in [3.8, 4) is 0 Å². The van der Waals surface area contributed by atoms with Crippen LogP contribution in [0.25, 0.3) is 0 Å². The summed E-state index contributed by atoms with van der Waals surface area (Å²) in [6, 6.07) is 8.81. The smallest absolute Gasteiger partial charge is 0.000156 e. The molecular formula is C10H13I. The summed E-state index contributed by atoms with van der Waals surface area (Å²) < 4.78 is 1.26. The first-order valence-corrected chi connectivity index (χ1v) is 5.47. The van der Waals surface area contributed by atoms with E-state index in [1.807, 2.05) is 0 Å². The molecule has 1 aromatic carbocycles. The van der Waals surface area contributed by atoms with Crippen LogP contribution >= 0.6 is 22.6 Å². The van der Waals surface area contributed by atoms with Crippen molar-refractivity contribution in [2.75, 3.05) is 4.43 Å². The molecule has 1 heteroatoms. The van der Waals surface area contributed by atoms with Crippen molar-refractivity contribution >= 4 is 22.6 Å². The highest BCUT2D eigenvalue weighted by molar-refractivity contribution is 14.1. The molecule has 0 radical (unpaired) electrons. The Labute approximate surface area is 82.2 Å². The molecule has 0 aliphatic heterocycles. The molecule has 11 heavy (non-hydrogen) atoms. The summed E-state index contributed by atoms with van der Waals surface area (Å²) in [7, 11) is 0. The van der Waals surface area contributed by atoms with Gasteiger partial charge < -0.3 is 0 Å². The maximum Gasteiger partial charge on any atom is -0.000156 e. The van der Waals surface area contributed by atoms with E-state index in [0.29, 0.717) is 0 Å². The molecule has 0 amide bonds. The molecule has 60 valence electrons. The van der Waals surface area contributed by atoms with E-state index in [0.717, 1.165) is 0 Å². The van der Waals surface area contributed by atoms with Gasteiger partial charge in [0.05, 0.1) is 0 Å². The fourth-order valence-electron chi connectivity index (χ4n) is 1.03. The van der Waals surface area contributed by atoms with Crippen molar-refractivity contribution in [1.82, 2.24) is 0 Å². The van der Waals surface area contributed by atoms with E-state index in [-0.39, 0.29) is 0 Å². The summed E-state index contributed by atoms with van der Waals surface area (Å²) >= 11 is 2.42. The largest absolute Gasteiger partial charge is 0.0864 e. The Morgan fingerprint density at radius 1 is 1.18 bits per heavy atom. The third-order valence-electron chi connectivity index (χ3n) is 1.72. The highest BCUT2D eigenvalue weighted by atomic mass is 127. The zero-order chi connectivity index (χ0) is 8.10. The lowest BCUT2D eigenvalue weighted by Gasteiger charge is -1.98. The molecule has 0 heterocycles. The van der Waals surface area contributed by atoms with Crippen LogP contribution < -0.4 is 0 Å². The SMILES string of the molecule is Cc1ccc(CCCI)cc1. The van der Waals surface area contributed by atoms with Gasteiger partial charge in [0.15, 0.2) is 0 Å². The van der Waals surface area contributed by atoms with Gasteiger partial charge in [-0.15, -0.1) is 0 Å². The van der Waals surface area contributed by atoms with Gasteiger partial charge in [0.1, 0.15) is 0 Å². The summed E-state index contributed by atoms with van der Waals surface area (Å²) in [4.78, 5) is 0. The number of halogens is 1. The van der Waals surface area contributed by atoms with Crippen LogP contribution in [-0.4, -0.2) is 4.43 Å². The van der Waals surface area contributed by atoms with Gasteiger partial charge in [0.2, 0.25) is 0 Å². The molecule has 0 aliphatic rings. The first-order chi connectivity index (χ1) is 5.33. The molecule has 0 atom stereocenters. The van der Waals surface area contributed by atoms with Crippen molar-refractivity contribution in [1.29, 1.82) is 0 Å². The second-order valence-electron chi connectivity index (χ2n) is 2.78. The van der Waals surface area contributed by atoms with E-state index in [9.17, 15) is 0 Å². The van der Waals surface area contributed by atoms with Gasteiger partial charge in [-0.2, -0.15) is 0 Å². The predicted octanol–water partition coefficient (Wildman–Crippen LogP) is 3.36. The maximum atomic E-state index is 2.42. The summed E-state index contributed by atoms with van der Waals surface area (Å²) in [6.45, 7) is 2.13. The first kappa shape index (κ1) is 9.04. The Kier molecular flexibility index (Phi) is 3.91. The molecule has 0 bridgehead atoms. The third-order valence-corrected chi connectivity index (χ3v) is 2.48. The Morgan fingerprint density at radius 2 is 1.82 bits per heavy atom. The van der Waals surface area contributed by atoms with Gasteiger partial charge in [-0.25, -0.2) is 0 Å². The van der Waals surface area contributed by atoms with Crippen molar-refractivity contribution in [3.63, 3.8) is 0 Å². The predicted molar refractivity (Wildman–Crippen MR) is 58.4 cm³/mol. The topological polar surface area (TPSA) is 0 Å². The van der Waals surface area contributed by atoms with Gasteiger partial charge >= 0.3 is 0 Å². The maximum absolute atomic E-state index is 2.42. The molecule has 0 N–H and O–H groups in total. The van der Waals surface area contributed by atoms with E-state index in [4.69, 9.17) is 0 Å². The highest BCUT2D eigenvalue weighted by Gasteiger charge is 1.90. The quantitative estimate of drug-likeness (QED) is 0.577. The summed E-state index contributed by atoms with van der Waals surface area (Å²) in [5.41, 5.74) is 2.82. The molecule has 0 nitrogen and oxygen atoms in total. The second kappa shape index (κ2) is 4.75. The second-order valence-corrected chi connectivity index (χ2v) is 3.86. The summed E-state index contributed by atoms with van der Waals surface area (Å²) in [6.07, 6.45) is 2.52. The van der Waals surface area contributed by atoms with Gasteiger partial charge in [0, 0.05) is 0 Å². The lowest BCUT2D eigenvalue weighted by atomic mass is 10.1. The van der Waals surface area contributed by atoms with Crippen LogP contribution in [0.1, 0.15) is 17.5 Å². The summed E-state index contributed by atoms with van der Waals surface area (Å²) in [5, 5.41) is 0. The van der Waals surface area contributed by atoms with Crippen LogP contribution in [0, 0.1) is 6.92 Å². The molecule has 0 fully saturated rings. The minimum atomic E-state index is 1.23. The van der Waals surface area contributed by atoms with Gasteiger partial charge in [-0.05, 0) is 29.8 Å². The van der Waals surface area contributed by atoms with Crippen LogP contribution in [0.2, 0.25) is 0 Å². The fourth-order valence-corrected chi connectivity index (χ4v) is 1.41. The van der Waals surface area contributed by atoms with Crippen LogP contribution in [0.4, 0.5) is 0 Å². The van der Waals surface area contributed by atoms with Crippen LogP contribution in [0.15, 0.2) is 24.3 Å². The Hall–Kier alpha value is -0.0500. The lowest BCUT2D eigenvalue weighted by Crippen LogP contribution is -1.85. The zero-order valence-electron chi connectivity index (χ0n) is 6.81. The van der Waals surface area contributed by atoms with Crippen LogP contribution in [0.3, 0.4) is 0 Å². The lowest BCUT2D eigenvalue weighted by molar-refractivity contribution is 0.945. The number of hydrogen-bond acceptors (Lipinski definition) is 0. The Bertz CT molecular complexity index is 201. The van der Waals surface area contributed by atoms with Crippen molar-refractivity contribution < 1.29 is 0 Å². The number of aryl methyl sites for hydroxylation is 2. The molecule has 0 saturated heterocycles. The van der Waals surface area contributed by atoms with Crippen LogP contribution in [-0.2, 0) is 6.42 Å². The molecule has 0 unspecified atom stereocenters. The number of alkyl halides is 1. The van der Waals surface area contributed by atoms with E-state index in [2.05, 4.69) is 53.8 Å². The number of hydrogen-bond donors (Lipinski definition) is 0. The molecule has 0 aliphatic carbocycles. The van der Waals surface area contributed by atoms with E-state index < -0.39 is 0 Å². The normalized spacial score (nSPS) is 10.0. The van der Waals surface area contributed by atoms with Gasteiger partial charge in [-0.3, -0.25) is 0 Å². The van der Waals surface area contributed by atoms with Crippen molar-refractivity contribution in [3.05, 3.63) is 35.4 Å². The molecule has 0 aromatic heterocycles.